The molecule has 0 N–H and O–H groups in total. The summed E-state index contributed by atoms with van der Waals surface area (Å²) in [6, 6.07) is 12.9. The van der Waals surface area contributed by atoms with Crippen LogP contribution in [0.25, 0.3) is 22.4 Å². The maximum Gasteiger partial charge on any atom is 0.266 e. The van der Waals surface area contributed by atoms with Gasteiger partial charge in [0.05, 0.1) is 48.8 Å². The van der Waals surface area contributed by atoms with Crippen molar-refractivity contribution in [2.75, 3.05) is 44.7 Å². The number of morpholine rings is 1. The third-order valence-electron chi connectivity index (χ3n) is 7.59. The minimum Gasteiger partial charge on any atom is -0.373 e. The molecule has 40 heavy (non-hydrogen) atoms. The molecule has 2 aliphatic heterocycles. The van der Waals surface area contributed by atoms with Crippen molar-refractivity contribution >= 4 is 5.95 Å². The Labute approximate surface area is 232 Å². The lowest BCUT2D eigenvalue weighted by molar-refractivity contribution is 0.0260. The van der Waals surface area contributed by atoms with E-state index in [1.807, 2.05) is 24.7 Å². The fourth-order valence-electron chi connectivity index (χ4n) is 5.27. The molecule has 6 rings (SSSR count). The van der Waals surface area contributed by atoms with Gasteiger partial charge in [-0.05, 0) is 51.2 Å². The molecule has 0 bridgehead atoms. The first-order valence-corrected chi connectivity index (χ1v) is 13.6. The van der Waals surface area contributed by atoms with Crippen LogP contribution in [0.3, 0.4) is 0 Å². The van der Waals surface area contributed by atoms with Crippen molar-refractivity contribution in [1.29, 1.82) is 5.26 Å². The lowest BCUT2D eigenvalue weighted by Crippen LogP contribution is -2.46. The molecule has 3 aromatic heterocycles. The molecule has 2 saturated heterocycles. The lowest BCUT2D eigenvalue weighted by Gasteiger charge is -2.33. The van der Waals surface area contributed by atoms with Gasteiger partial charge in [-0.1, -0.05) is 12.1 Å². The number of rotatable bonds is 6. The van der Waals surface area contributed by atoms with E-state index in [-0.39, 0.29) is 11.7 Å². The molecule has 0 aliphatic carbocycles. The van der Waals surface area contributed by atoms with E-state index < -0.39 is 0 Å². The van der Waals surface area contributed by atoms with E-state index >= 15 is 0 Å². The molecule has 1 atom stereocenters. The monoisotopic (exact) mass is 537 g/mol. The summed E-state index contributed by atoms with van der Waals surface area (Å²) in [6.45, 7) is 4.17. The number of likely N-dealkylation sites (tertiary alicyclic amines) is 1. The van der Waals surface area contributed by atoms with Gasteiger partial charge in [-0.2, -0.15) is 15.5 Å². The second kappa shape index (κ2) is 11.4. The van der Waals surface area contributed by atoms with Gasteiger partial charge in [-0.25, -0.2) is 14.6 Å². The molecule has 204 valence electrons. The summed E-state index contributed by atoms with van der Waals surface area (Å²) in [7, 11) is 2.16. The van der Waals surface area contributed by atoms with Crippen LogP contribution in [0.4, 0.5) is 5.95 Å². The topological polar surface area (TPSA) is 118 Å². The predicted octanol–water partition coefficient (Wildman–Crippen LogP) is 2.61. The fraction of sp³-hybridized carbons (Fsp3) is 0.379. The molecule has 0 spiro atoms. The van der Waals surface area contributed by atoms with Crippen molar-refractivity contribution in [2.45, 2.75) is 31.5 Å². The quantitative estimate of drug-likeness (QED) is 0.366. The summed E-state index contributed by atoms with van der Waals surface area (Å²) < 4.78 is 9.48. The van der Waals surface area contributed by atoms with Gasteiger partial charge in [0.15, 0.2) is 0 Å². The number of anilines is 1. The summed E-state index contributed by atoms with van der Waals surface area (Å²) in [5, 5.41) is 18.4. The van der Waals surface area contributed by atoms with Crippen molar-refractivity contribution < 1.29 is 4.74 Å². The first kappa shape index (κ1) is 25.9. The molecule has 0 saturated carbocycles. The van der Waals surface area contributed by atoms with Crippen LogP contribution in [0.2, 0.25) is 0 Å². The highest BCUT2D eigenvalue weighted by atomic mass is 16.5. The number of hydrogen-bond donors (Lipinski definition) is 0. The molecule has 2 aliphatic rings. The van der Waals surface area contributed by atoms with Gasteiger partial charge in [0, 0.05) is 54.4 Å². The van der Waals surface area contributed by atoms with Crippen molar-refractivity contribution in [3.05, 3.63) is 77.1 Å². The molecule has 0 amide bonds. The standard InChI is InChI=1S/C29H31N9O2/c1-35-9-7-25(8-10-35)37-18-24(17-33-37)23-15-31-29(32-16-23)36-11-12-40-26(19-36)20-38-28(39)6-5-27(34-38)22-4-2-3-21(13-22)14-30/h2-6,13,15-18,25-26H,7-12,19-20H2,1H3/t26-/m0/s1. The van der Waals surface area contributed by atoms with E-state index in [1.54, 1.807) is 24.3 Å². The number of piperidine rings is 1. The highest BCUT2D eigenvalue weighted by molar-refractivity contribution is 5.61. The molecular weight excluding hydrogens is 506 g/mol. The molecular formula is C29H31N9O2. The van der Waals surface area contributed by atoms with Gasteiger partial charge < -0.3 is 14.5 Å². The van der Waals surface area contributed by atoms with Crippen molar-refractivity contribution in [3.8, 4) is 28.5 Å². The van der Waals surface area contributed by atoms with Crippen LogP contribution >= 0.6 is 0 Å². The van der Waals surface area contributed by atoms with Gasteiger partial charge in [-0.15, -0.1) is 0 Å². The van der Waals surface area contributed by atoms with Gasteiger partial charge >= 0.3 is 0 Å². The zero-order valence-corrected chi connectivity index (χ0v) is 22.4. The maximum atomic E-state index is 12.6. The zero-order chi connectivity index (χ0) is 27.5. The average molecular weight is 538 g/mol. The van der Waals surface area contributed by atoms with Crippen molar-refractivity contribution in [1.82, 2.24) is 34.4 Å². The van der Waals surface area contributed by atoms with Gasteiger partial charge in [0.25, 0.3) is 5.56 Å². The first-order valence-electron chi connectivity index (χ1n) is 13.6. The summed E-state index contributed by atoms with van der Waals surface area (Å²) in [4.78, 5) is 26.3. The number of ether oxygens (including phenoxy) is 1. The average Bonchev–Trinajstić information content (AvgIpc) is 3.49. The smallest absolute Gasteiger partial charge is 0.266 e. The SMILES string of the molecule is CN1CCC(n2cc(-c3cnc(N4CCO[C@H](Cn5nc(-c6cccc(C#N)c6)ccc5=O)C4)nc3)cn2)CC1. The number of hydrogen-bond acceptors (Lipinski definition) is 9. The van der Waals surface area contributed by atoms with Crippen LogP contribution in [0.1, 0.15) is 24.4 Å². The Balaban J connectivity index is 1.12. The van der Waals surface area contributed by atoms with E-state index in [2.05, 4.69) is 54.0 Å². The third-order valence-corrected chi connectivity index (χ3v) is 7.59. The number of nitriles is 1. The predicted molar refractivity (Wildman–Crippen MR) is 150 cm³/mol. The molecule has 11 heteroatoms. The normalized spacial score (nSPS) is 18.5. The summed E-state index contributed by atoms with van der Waals surface area (Å²) in [5.41, 5.74) is 3.69. The first-order chi connectivity index (χ1) is 19.6. The number of benzene rings is 1. The lowest BCUT2D eigenvalue weighted by atomic mass is 10.1. The Bertz CT molecular complexity index is 1570. The van der Waals surface area contributed by atoms with E-state index in [0.717, 1.165) is 42.6 Å². The summed E-state index contributed by atoms with van der Waals surface area (Å²) in [6.07, 6.45) is 9.61. The highest BCUT2D eigenvalue weighted by Gasteiger charge is 2.24. The van der Waals surface area contributed by atoms with Gasteiger partial charge in [0.1, 0.15) is 0 Å². The fourth-order valence-corrected chi connectivity index (χ4v) is 5.27. The van der Waals surface area contributed by atoms with Crippen LogP contribution < -0.4 is 10.5 Å². The van der Waals surface area contributed by atoms with Crippen LogP contribution in [0, 0.1) is 11.3 Å². The highest BCUT2D eigenvalue weighted by Crippen LogP contribution is 2.25. The Hall–Kier alpha value is -4.40. The van der Waals surface area contributed by atoms with Crippen LogP contribution in [-0.4, -0.2) is 80.4 Å². The molecule has 2 fully saturated rings. The van der Waals surface area contributed by atoms with E-state index in [9.17, 15) is 10.1 Å². The Kier molecular flexibility index (Phi) is 7.35. The third kappa shape index (κ3) is 5.64. The second-order valence-electron chi connectivity index (χ2n) is 10.4. The van der Waals surface area contributed by atoms with Crippen LogP contribution in [0.5, 0.6) is 0 Å². The minimum absolute atomic E-state index is 0.206. The second-order valence-corrected chi connectivity index (χ2v) is 10.4. The van der Waals surface area contributed by atoms with Crippen molar-refractivity contribution in [3.63, 3.8) is 0 Å². The largest absolute Gasteiger partial charge is 0.373 e. The molecule has 0 unspecified atom stereocenters. The van der Waals surface area contributed by atoms with E-state index in [0.29, 0.717) is 49.5 Å². The van der Waals surface area contributed by atoms with Crippen molar-refractivity contribution in [2.24, 2.45) is 0 Å². The molecule has 11 nitrogen and oxygen atoms in total. The summed E-state index contributed by atoms with van der Waals surface area (Å²) >= 11 is 0. The molecule has 5 heterocycles. The molecule has 0 radical (unpaired) electrons. The Morgan fingerprint density at radius 2 is 1.85 bits per heavy atom. The van der Waals surface area contributed by atoms with E-state index in [4.69, 9.17) is 4.74 Å². The molecule has 4 aromatic rings. The van der Waals surface area contributed by atoms with E-state index in [1.165, 1.54) is 10.7 Å². The maximum absolute atomic E-state index is 12.6. The number of nitrogens with zero attached hydrogens (tertiary/aromatic N) is 9. The van der Waals surface area contributed by atoms with Gasteiger partial charge in [0.2, 0.25) is 5.95 Å². The Morgan fingerprint density at radius 1 is 1.02 bits per heavy atom. The summed E-state index contributed by atoms with van der Waals surface area (Å²) in [5.74, 6) is 0.627. The Morgan fingerprint density at radius 3 is 2.65 bits per heavy atom. The molecule has 1 aromatic carbocycles. The van der Waals surface area contributed by atoms with Crippen LogP contribution in [-0.2, 0) is 11.3 Å². The minimum atomic E-state index is -0.254. The zero-order valence-electron chi connectivity index (χ0n) is 22.4. The number of aromatic nitrogens is 6. The van der Waals surface area contributed by atoms with Gasteiger partial charge in [-0.3, -0.25) is 9.48 Å². The van der Waals surface area contributed by atoms with Crippen LogP contribution in [0.15, 0.2) is 66.0 Å².